The summed E-state index contributed by atoms with van der Waals surface area (Å²) in [5.74, 6) is 0.414. The molecule has 1 fully saturated rings. The smallest absolute Gasteiger partial charge is 0.337 e. The van der Waals surface area contributed by atoms with Gasteiger partial charge >= 0.3 is 5.97 Å². The quantitative estimate of drug-likeness (QED) is 0.624. The van der Waals surface area contributed by atoms with Gasteiger partial charge in [0, 0.05) is 6.54 Å². The number of anilines is 1. The van der Waals surface area contributed by atoms with E-state index in [1.807, 2.05) is 0 Å². The zero-order valence-electron chi connectivity index (χ0n) is 11.4. The van der Waals surface area contributed by atoms with Crippen LogP contribution in [0.25, 0.3) is 0 Å². The van der Waals surface area contributed by atoms with E-state index < -0.39 is 16.0 Å². The number of nitrogens with one attached hydrogen (secondary N) is 1. The van der Waals surface area contributed by atoms with Crippen molar-refractivity contribution in [1.29, 1.82) is 0 Å². The molecule has 0 bridgehead atoms. The van der Waals surface area contributed by atoms with Crippen molar-refractivity contribution in [3.63, 3.8) is 0 Å². The summed E-state index contributed by atoms with van der Waals surface area (Å²) >= 11 is 0. The molecule has 1 aliphatic carbocycles. The van der Waals surface area contributed by atoms with Crippen LogP contribution in [-0.2, 0) is 14.8 Å². The van der Waals surface area contributed by atoms with Gasteiger partial charge in [-0.1, -0.05) is 6.92 Å². The number of methoxy groups -OCH3 is 1. The first-order chi connectivity index (χ1) is 9.35. The number of ether oxygens (including phenoxy) is 1. The fourth-order valence-electron chi connectivity index (χ4n) is 2.02. The number of nitrogens with two attached hydrogens (primary N) is 1. The van der Waals surface area contributed by atoms with E-state index in [2.05, 4.69) is 16.4 Å². The van der Waals surface area contributed by atoms with Crippen LogP contribution < -0.4 is 10.5 Å². The summed E-state index contributed by atoms with van der Waals surface area (Å²) in [6.07, 6.45) is 1.04. The molecule has 110 valence electrons. The highest BCUT2D eigenvalue weighted by molar-refractivity contribution is 7.89. The molecular formula is C13H18N2O4S. The number of nitrogen functional groups attached to an aromatic ring is 1. The van der Waals surface area contributed by atoms with Crippen LogP contribution in [0.3, 0.4) is 0 Å². The molecule has 20 heavy (non-hydrogen) atoms. The Morgan fingerprint density at radius 2 is 2.15 bits per heavy atom. The Bertz CT molecular complexity index is 627. The van der Waals surface area contributed by atoms with Crippen molar-refractivity contribution in [1.82, 2.24) is 4.72 Å². The highest BCUT2D eigenvalue weighted by Gasteiger charge is 2.33. The van der Waals surface area contributed by atoms with E-state index in [1.165, 1.54) is 25.3 Å². The van der Waals surface area contributed by atoms with E-state index in [1.54, 1.807) is 0 Å². The second-order valence-corrected chi connectivity index (χ2v) is 6.80. The van der Waals surface area contributed by atoms with Crippen LogP contribution in [-0.4, -0.2) is 28.0 Å². The Morgan fingerprint density at radius 3 is 2.65 bits per heavy atom. The molecule has 7 heteroatoms. The lowest BCUT2D eigenvalue weighted by Crippen LogP contribution is -2.27. The van der Waals surface area contributed by atoms with Gasteiger partial charge in [-0.25, -0.2) is 17.9 Å². The van der Waals surface area contributed by atoms with Gasteiger partial charge in [0.15, 0.2) is 0 Å². The van der Waals surface area contributed by atoms with Crippen molar-refractivity contribution in [2.24, 2.45) is 11.8 Å². The zero-order chi connectivity index (χ0) is 14.9. The third-order valence-corrected chi connectivity index (χ3v) is 5.03. The van der Waals surface area contributed by atoms with Crippen molar-refractivity contribution in [3.05, 3.63) is 23.8 Å². The fraction of sp³-hybridized carbons (Fsp3) is 0.462. The number of rotatable bonds is 5. The Kier molecular flexibility index (Phi) is 4.01. The van der Waals surface area contributed by atoms with Crippen molar-refractivity contribution < 1.29 is 17.9 Å². The predicted molar refractivity (Wildman–Crippen MR) is 74.7 cm³/mol. The molecule has 2 atom stereocenters. The lowest BCUT2D eigenvalue weighted by Gasteiger charge is -2.10. The number of carbonyl (C=O) groups is 1. The molecule has 0 amide bonds. The average Bonchev–Trinajstić information content (AvgIpc) is 3.11. The van der Waals surface area contributed by atoms with Gasteiger partial charge in [-0.15, -0.1) is 0 Å². The Labute approximate surface area is 118 Å². The highest BCUT2D eigenvalue weighted by Crippen LogP contribution is 2.37. The molecule has 0 radical (unpaired) electrons. The number of hydrogen-bond acceptors (Lipinski definition) is 5. The molecule has 2 unspecified atom stereocenters. The van der Waals surface area contributed by atoms with Gasteiger partial charge in [0.1, 0.15) is 4.90 Å². The Morgan fingerprint density at radius 1 is 1.50 bits per heavy atom. The average molecular weight is 298 g/mol. The third kappa shape index (κ3) is 3.10. The summed E-state index contributed by atoms with van der Waals surface area (Å²) in [4.78, 5) is 11.3. The van der Waals surface area contributed by atoms with Gasteiger partial charge < -0.3 is 10.5 Å². The summed E-state index contributed by atoms with van der Waals surface area (Å²) in [5.41, 5.74) is 5.98. The minimum absolute atomic E-state index is 0.0153. The summed E-state index contributed by atoms with van der Waals surface area (Å²) in [5, 5.41) is 0. The lowest BCUT2D eigenvalue weighted by molar-refractivity contribution is 0.0600. The summed E-state index contributed by atoms with van der Waals surface area (Å²) in [6, 6.07) is 4.01. The van der Waals surface area contributed by atoms with E-state index in [9.17, 15) is 13.2 Å². The molecule has 3 N–H and O–H groups in total. The monoisotopic (exact) mass is 298 g/mol. The first-order valence-corrected chi connectivity index (χ1v) is 7.81. The third-order valence-electron chi connectivity index (χ3n) is 3.53. The highest BCUT2D eigenvalue weighted by atomic mass is 32.2. The maximum Gasteiger partial charge on any atom is 0.337 e. The molecule has 1 saturated carbocycles. The molecular weight excluding hydrogens is 280 g/mol. The molecule has 0 aromatic heterocycles. The van der Waals surface area contributed by atoms with Gasteiger partial charge in [-0.2, -0.15) is 0 Å². The number of benzene rings is 1. The Balaban J connectivity index is 2.16. The normalized spacial score (nSPS) is 21.5. The molecule has 0 saturated heterocycles. The molecule has 2 rings (SSSR count). The second kappa shape index (κ2) is 5.41. The number of sulfonamides is 1. The van der Waals surface area contributed by atoms with Crippen LogP contribution in [0.1, 0.15) is 23.7 Å². The van der Waals surface area contributed by atoms with Crippen molar-refractivity contribution in [3.8, 4) is 0 Å². The molecule has 0 aliphatic heterocycles. The van der Waals surface area contributed by atoms with E-state index in [0.29, 0.717) is 18.4 Å². The molecule has 1 aliphatic rings. The van der Waals surface area contributed by atoms with Crippen LogP contribution in [0.5, 0.6) is 0 Å². The van der Waals surface area contributed by atoms with Gasteiger partial charge in [-0.05, 0) is 36.5 Å². The van der Waals surface area contributed by atoms with Gasteiger partial charge in [0.05, 0.1) is 18.4 Å². The molecule has 0 spiro atoms. The standard InChI is InChI=1S/C13H18N2O4S/c1-8-5-10(8)7-15-20(17,18)12-4-3-9(6-11(12)14)13(16)19-2/h3-4,6,8,10,15H,5,7,14H2,1-2H3. The van der Waals surface area contributed by atoms with Gasteiger partial charge in [0.25, 0.3) is 0 Å². The minimum Gasteiger partial charge on any atom is -0.465 e. The second-order valence-electron chi connectivity index (χ2n) is 5.07. The van der Waals surface area contributed by atoms with E-state index >= 15 is 0 Å². The molecule has 1 aromatic carbocycles. The number of hydrogen-bond donors (Lipinski definition) is 2. The van der Waals surface area contributed by atoms with E-state index in [4.69, 9.17) is 5.73 Å². The van der Waals surface area contributed by atoms with Crippen LogP contribution in [0.4, 0.5) is 5.69 Å². The summed E-state index contributed by atoms with van der Waals surface area (Å²) < 4.78 is 31.4. The fourth-order valence-corrected chi connectivity index (χ4v) is 3.22. The molecule has 1 aromatic rings. The van der Waals surface area contributed by atoms with Crippen LogP contribution in [0.15, 0.2) is 23.1 Å². The number of carbonyl (C=O) groups excluding carboxylic acids is 1. The topological polar surface area (TPSA) is 98.5 Å². The van der Waals surface area contributed by atoms with Crippen LogP contribution >= 0.6 is 0 Å². The minimum atomic E-state index is -3.65. The molecule has 6 nitrogen and oxygen atoms in total. The maximum atomic E-state index is 12.1. The number of esters is 1. The van der Waals surface area contributed by atoms with E-state index in [-0.39, 0.29) is 16.1 Å². The van der Waals surface area contributed by atoms with Crippen LogP contribution in [0, 0.1) is 11.8 Å². The van der Waals surface area contributed by atoms with Crippen molar-refractivity contribution >= 4 is 21.7 Å². The zero-order valence-corrected chi connectivity index (χ0v) is 12.2. The van der Waals surface area contributed by atoms with Gasteiger partial charge in [-0.3, -0.25) is 0 Å². The largest absolute Gasteiger partial charge is 0.465 e. The summed E-state index contributed by atoms with van der Waals surface area (Å²) in [7, 11) is -2.39. The SMILES string of the molecule is COC(=O)c1ccc(S(=O)(=O)NCC2CC2C)c(N)c1. The van der Waals surface area contributed by atoms with E-state index in [0.717, 1.165) is 6.42 Å². The van der Waals surface area contributed by atoms with Crippen molar-refractivity contribution in [2.75, 3.05) is 19.4 Å². The maximum absolute atomic E-state index is 12.1. The van der Waals surface area contributed by atoms with Crippen LogP contribution in [0.2, 0.25) is 0 Å². The first kappa shape index (κ1) is 14.8. The summed E-state index contributed by atoms with van der Waals surface area (Å²) in [6.45, 7) is 2.50. The Hall–Kier alpha value is -1.60. The first-order valence-electron chi connectivity index (χ1n) is 6.32. The lowest BCUT2D eigenvalue weighted by atomic mass is 10.2. The van der Waals surface area contributed by atoms with Crippen molar-refractivity contribution in [2.45, 2.75) is 18.2 Å². The van der Waals surface area contributed by atoms with Gasteiger partial charge in [0.2, 0.25) is 10.0 Å². The molecule has 0 heterocycles. The predicted octanol–water partition coefficient (Wildman–Crippen LogP) is 0.990.